The van der Waals surface area contributed by atoms with Crippen molar-refractivity contribution in [3.8, 4) is 11.8 Å². The van der Waals surface area contributed by atoms with Crippen LogP contribution in [0.1, 0.15) is 41.3 Å². The number of nitriles is 1. The van der Waals surface area contributed by atoms with E-state index in [1.54, 1.807) is 43.3 Å². The lowest BCUT2D eigenvalue weighted by molar-refractivity contribution is -0.123. The van der Waals surface area contributed by atoms with E-state index in [2.05, 4.69) is 5.32 Å². The normalized spacial score (nSPS) is 18.4. The maximum absolute atomic E-state index is 14.5. The smallest absolute Gasteiger partial charge is 0.326 e. The van der Waals surface area contributed by atoms with Gasteiger partial charge in [0.1, 0.15) is 35.1 Å². The van der Waals surface area contributed by atoms with Crippen molar-refractivity contribution in [2.24, 2.45) is 4.99 Å². The molecule has 3 aromatic carbocycles. The maximum atomic E-state index is 14.5. The molecule has 3 amide bonds. The number of amidine groups is 1. The number of hydrogen-bond donors (Lipinski definition) is 1. The molecule has 2 aliphatic heterocycles. The number of ether oxygens (including phenoxy) is 1. The zero-order valence-corrected chi connectivity index (χ0v) is 27.0. The first-order valence-corrected chi connectivity index (χ1v) is 16.2. The van der Waals surface area contributed by atoms with E-state index in [0.717, 1.165) is 9.87 Å². The minimum absolute atomic E-state index is 0.119. The van der Waals surface area contributed by atoms with E-state index < -0.39 is 28.1 Å². The van der Waals surface area contributed by atoms with E-state index in [1.165, 1.54) is 36.0 Å². The average molecular weight is 670 g/mol. The highest BCUT2D eigenvalue weighted by Gasteiger charge is 2.45. The molecule has 0 aromatic heterocycles. The molecule has 2 heterocycles. The fourth-order valence-corrected chi connectivity index (χ4v) is 6.61. The monoisotopic (exact) mass is 668 g/mol. The SMILES string of the molecule is CCOc1cc(C#N)c(S(=O)(=O)N(C)C)cc1C1=N[C@@H](c2ccc(Cl)cc2)[C@@H](c2ccc(Cl)cc2)N1C(=O)N1CCNC(=O)C1. The van der Waals surface area contributed by atoms with Gasteiger partial charge in [0.25, 0.3) is 0 Å². The van der Waals surface area contributed by atoms with Crippen molar-refractivity contribution in [1.29, 1.82) is 5.26 Å². The molecule has 2 atom stereocenters. The molecule has 11 nitrogen and oxygen atoms in total. The third kappa shape index (κ3) is 6.35. The molecule has 45 heavy (non-hydrogen) atoms. The Hall–Kier alpha value is -4.15. The third-order valence-electron chi connectivity index (χ3n) is 7.51. The highest BCUT2D eigenvalue weighted by molar-refractivity contribution is 7.89. The second kappa shape index (κ2) is 13.1. The Bertz CT molecular complexity index is 1810. The van der Waals surface area contributed by atoms with Crippen molar-refractivity contribution in [1.82, 2.24) is 19.4 Å². The third-order valence-corrected chi connectivity index (χ3v) is 9.87. The van der Waals surface area contributed by atoms with Gasteiger partial charge in [0.2, 0.25) is 15.9 Å². The highest BCUT2D eigenvalue weighted by atomic mass is 35.5. The Morgan fingerprint density at radius 1 is 1.09 bits per heavy atom. The van der Waals surface area contributed by atoms with Crippen LogP contribution in [0.3, 0.4) is 0 Å². The largest absolute Gasteiger partial charge is 0.493 e. The number of amides is 3. The van der Waals surface area contributed by atoms with Crippen molar-refractivity contribution in [2.75, 3.05) is 40.3 Å². The van der Waals surface area contributed by atoms with E-state index in [-0.39, 0.29) is 59.8 Å². The van der Waals surface area contributed by atoms with Gasteiger partial charge in [-0.05, 0) is 48.4 Å². The molecule has 1 fully saturated rings. The number of halogens is 2. The Kier molecular flexibility index (Phi) is 9.36. The number of benzene rings is 3. The lowest BCUT2D eigenvalue weighted by atomic mass is 9.93. The number of hydrogen-bond acceptors (Lipinski definition) is 7. The number of urea groups is 1. The number of nitrogens with one attached hydrogen (secondary N) is 1. The Balaban J connectivity index is 1.80. The lowest BCUT2D eigenvalue weighted by Crippen LogP contribution is -2.55. The summed E-state index contributed by atoms with van der Waals surface area (Å²) in [7, 11) is -1.38. The molecule has 3 aromatic rings. The van der Waals surface area contributed by atoms with Gasteiger partial charge < -0.3 is 15.0 Å². The molecule has 0 unspecified atom stereocenters. The first kappa shape index (κ1) is 32.2. The van der Waals surface area contributed by atoms with Crippen molar-refractivity contribution in [2.45, 2.75) is 23.9 Å². The summed E-state index contributed by atoms with van der Waals surface area (Å²) in [5, 5.41) is 13.7. The van der Waals surface area contributed by atoms with Gasteiger partial charge in [-0.25, -0.2) is 17.5 Å². The molecule has 1 N–H and O–H groups in total. The second-order valence-corrected chi connectivity index (χ2v) is 13.5. The fourth-order valence-electron chi connectivity index (χ4n) is 5.32. The number of carbonyl (C=O) groups is 2. The van der Waals surface area contributed by atoms with Gasteiger partial charge in [0, 0.05) is 43.3 Å². The number of rotatable bonds is 7. The molecule has 2 aliphatic rings. The standard InChI is InChI=1S/C31H30Cl2N6O5S/c1-4-44-25-15-21(17-34)26(45(42,43)37(2)3)16-24(25)30-36-28(19-5-9-22(32)10-6-19)29(20-7-11-23(33)12-8-20)39(30)31(41)38-14-13-35-27(40)18-38/h5-12,15-16,28-29H,4,13-14,18H2,1-3H3,(H,35,40)/t28-,29+/m0/s1. The summed E-state index contributed by atoms with van der Waals surface area (Å²) in [6.07, 6.45) is 0. The van der Waals surface area contributed by atoms with Crippen molar-refractivity contribution in [3.05, 3.63) is 93.0 Å². The predicted octanol–water partition coefficient (Wildman–Crippen LogP) is 4.61. The number of carbonyl (C=O) groups excluding carboxylic acids is 2. The Labute approximate surface area is 271 Å². The van der Waals surface area contributed by atoms with Gasteiger partial charge in [-0.15, -0.1) is 0 Å². The first-order chi connectivity index (χ1) is 21.5. The van der Waals surface area contributed by atoms with Crippen molar-refractivity contribution >= 4 is 51.0 Å². The molecule has 234 valence electrons. The van der Waals surface area contributed by atoms with Crippen LogP contribution in [0.15, 0.2) is 70.6 Å². The maximum Gasteiger partial charge on any atom is 0.326 e. The molecule has 0 radical (unpaired) electrons. The quantitative estimate of drug-likeness (QED) is 0.391. The predicted molar refractivity (Wildman–Crippen MR) is 170 cm³/mol. The van der Waals surface area contributed by atoms with Crippen LogP contribution >= 0.6 is 23.2 Å². The number of nitrogens with zero attached hydrogens (tertiary/aromatic N) is 5. The molecule has 0 aliphatic carbocycles. The minimum atomic E-state index is -4.11. The van der Waals surface area contributed by atoms with Crippen LogP contribution in [0.2, 0.25) is 10.0 Å². The topological polar surface area (TPSA) is 135 Å². The summed E-state index contributed by atoms with van der Waals surface area (Å²) in [6, 6.07) is 16.8. The van der Waals surface area contributed by atoms with Gasteiger partial charge in [-0.2, -0.15) is 5.26 Å². The van der Waals surface area contributed by atoms with Crippen LogP contribution < -0.4 is 10.1 Å². The first-order valence-electron chi connectivity index (χ1n) is 14.0. The Morgan fingerprint density at radius 3 is 2.27 bits per heavy atom. The summed E-state index contributed by atoms with van der Waals surface area (Å²) in [5.41, 5.74) is 1.50. The Morgan fingerprint density at radius 2 is 1.71 bits per heavy atom. The van der Waals surface area contributed by atoms with Crippen LogP contribution in [0.25, 0.3) is 0 Å². The fraction of sp³-hybridized carbons (Fsp3) is 0.290. The van der Waals surface area contributed by atoms with Gasteiger partial charge in [-0.3, -0.25) is 14.7 Å². The summed E-state index contributed by atoms with van der Waals surface area (Å²) >= 11 is 12.5. The van der Waals surface area contributed by atoms with Gasteiger partial charge in [0.05, 0.1) is 23.8 Å². The zero-order chi connectivity index (χ0) is 32.5. The number of sulfonamides is 1. The van der Waals surface area contributed by atoms with Crippen LogP contribution in [0.5, 0.6) is 5.75 Å². The molecule has 0 spiro atoms. The molecule has 0 bridgehead atoms. The second-order valence-electron chi connectivity index (χ2n) is 10.5. The molecule has 5 rings (SSSR count). The summed E-state index contributed by atoms with van der Waals surface area (Å²) in [4.78, 5) is 34.6. The van der Waals surface area contributed by atoms with Crippen LogP contribution in [-0.2, 0) is 14.8 Å². The molecular weight excluding hydrogens is 639 g/mol. The van der Waals surface area contributed by atoms with Crippen molar-refractivity contribution in [3.63, 3.8) is 0 Å². The van der Waals surface area contributed by atoms with Gasteiger partial charge in [-0.1, -0.05) is 47.5 Å². The van der Waals surface area contributed by atoms with E-state index in [1.807, 2.05) is 18.2 Å². The summed E-state index contributed by atoms with van der Waals surface area (Å²) in [6.45, 7) is 2.28. The lowest BCUT2D eigenvalue weighted by Gasteiger charge is -2.36. The van der Waals surface area contributed by atoms with Crippen LogP contribution in [-0.4, -0.2) is 80.6 Å². The molecular formula is C31H30Cl2N6O5S. The van der Waals surface area contributed by atoms with E-state index >= 15 is 0 Å². The minimum Gasteiger partial charge on any atom is -0.493 e. The van der Waals surface area contributed by atoms with E-state index in [4.69, 9.17) is 32.9 Å². The van der Waals surface area contributed by atoms with Crippen molar-refractivity contribution < 1.29 is 22.7 Å². The average Bonchev–Trinajstić information content (AvgIpc) is 3.41. The van der Waals surface area contributed by atoms with Gasteiger partial charge >= 0.3 is 6.03 Å². The van der Waals surface area contributed by atoms with Crippen LogP contribution in [0.4, 0.5) is 4.79 Å². The van der Waals surface area contributed by atoms with Gasteiger partial charge in [0.15, 0.2) is 0 Å². The zero-order valence-electron chi connectivity index (χ0n) is 24.7. The number of aliphatic imine (C=N–C) groups is 1. The van der Waals surface area contributed by atoms with E-state index in [0.29, 0.717) is 15.6 Å². The molecule has 14 heteroatoms. The highest BCUT2D eigenvalue weighted by Crippen LogP contribution is 2.46. The molecule has 0 saturated carbocycles. The number of piperazine rings is 1. The summed E-state index contributed by atoms with van der Waals surface area (Å²) < 4.78 is 33.8. The molecule has 1 saturated heterocycles. The summed E-state index contributed by atoms with van der Waals surface area (Å²) in [5.74, 6) is -0.0161. The van der Waals surface area contributed by atoms with E-state index in [9.17, 15) is 23.3 Å². The van der Waals surface area contributed by atoms with Crippen LogP contribution in [0, 0.1) is 11.3 Å².